The average molecular weight is 417 g/mol. The Labute approximate surface area is 183 Å². The molecule has 1 fully saturated rings. The van der Waals surface area contributed by atoms with E-state index in [-0.39, 0.29) is 11.9 Å². The largest absolute Gasteiger partial charge is 0.324 e. The van der Waals surface area contributed by atoms with Gasteiger partial charge < -0.3 is 15.1 Å². The molecule has 1 heterocycles. The molecule has 0 saturated carbocycles. The molecule has 0 unspecified atom stereocenters. The fraction of sp³-hybridized carbons (Fsp3) is 0.280. The van der Waals surface area contributed by atoms with Gasteiger partial charge in [0.25, 0.3) is 0 Å². The van der Waals surface area contributed by atoms with Gasteiger partial charge >= 0.3 is 6.03 Å². The first-order valence-corrected chi connectivity index (χ1v) is 10.6. The van der Waals surface area contributed by atoms with E-state index in [0.717, 1.165) is 22.0 Å². The van der Waals surface area contributed by atoms with Gasteiger partial charge in [0.1, 0.15) is 0 Å². The second-order valence-electron chi connectivity index (χ2n) is 7.96. The molecule has 1 aliphatic heterocycles. The van der Waals surface area contributed by atoms with Gasteiger partial charge in [-0.2, -0.15) is 0 Å². The van der Waals surface area contributed by atoms with E-state index in [4.69, 9.17) is 0 Å². The van der Waals surface area contributed by atoms with E-state index in [2.05, 4.69) is 10.2 Å². The Morgan fingerprint density at radius 3 is 2.32 bits per heavy atom. The molecule has 0 bridgehead atoms. The van der Waals surface area contributed by atoms with E-state index in [0.29, 0.717) is 39.3 Å². The van der Waals surface area contributed by atoms with Crippen LogP contribution in [0.25, 0.3) is 10.8 Å². The summed E-state index contributed by atoms with van der Waals surface area (Å²) in [7, 11) is 1.83. The highest BCUT2D eigenvalue weighted by Gasteiger charge is 2.24. The van der Waals surface area contributed by atoms with Crippen molar-refractivity contribution in [1.82, 2.24) is 14.7 Å². The summed E-state index contributed by atoms with van der Waals surface area (Å²) in [4.78, 5) is 31.1. The first-order chi connectivity index (χ1) is 15.1. The second-order valence-corrected chi connectivity index (χ2v) is 7.96. The Kier molecular flexibility index (Phi) is 6.48. The van der Waals surface area contributed by atoms with Gasteiger partial charge in [0.15, 0.2) is 0 Å². The predicted octanol–water partition coefficient (Wildman–Crippen LogP) is 3.65. The van der Waals surface area contributed by atoms with Gasteiger partial charge in [-0.05, 0) is 17.0 Å². The molecule has 3 amide bonds. The van der Waals surface area contributed by atoms with Crippen LogP contribution in [0.15, 0.2) is 72.8 Å². The number of amides is 3. The number of nitrogens with zero attached hydrogens (tertiary/aromatic N) is 3. The minimum atomic E-state index is -0.0303. The van der Waals surface area contributed by atoms with Crippen molar-refractivity contribution in [3.05, 3.63) is 78.4 Å². The zero-order valence-electron chi connectivity index (χ0n) is 17.8. The zero-order chi connectivity index (χ0) is 21.6. The number of fused-ring (bicyclic) bond motifs is 1. The van der Waals surface area contributed by atoms with Gasteiger partial charge in [-0.15, -0.1) is 0 Å². The van der Waals surface area contributed by atoms with Gasteiger partial charge in [-0.1, -0.05) is 66.7 Å². The van der Waals surface area contributed by atoms with Gasteiger partial charge in [0.05, 0.1) is 6.54 Å². The van der Waals surface area contributed by atoms with Crippen molar-refractivity contribution < 1.29 is 9.59 Å². The van der Waals surface area contributed by atoms with Crippen LogP contribution in [0.3, 0.4) is 0 Å². The molecule has 6 nitrogen and oxygen atoms in total. The monoisotopic (exact) mass is 416 g/mol. The Morgan fingerprint density at radius 2 is 1.55 bits per heavy atom. The molecule has 4 rings (SSSR count). The number of carbonyl (C=O) groups is 2. The van der Waals surface area contributed by atoms with Crippen molar-refractivity contribution in [3.8, 4) is 0 Å². The first-order valence-electron chi connectivity index (χ1n) is 10.6. The molecule has 31 heavy (non-hydrogen) atoms. The summed E-state index contributed by atoms with van der Waals surface area (Å²) in [5, 5.41) is 5.18. The van der Waals surface area contributed by atoms with Crippen LogP contribution in [0.4, 0.5) is 10.5 Å². The van der Waals surface area contributed by atoms with Crippen molar-refractivity contribution in [1.29, 1.82) is 0 Å². The predicted molar refractivity (Wildman–Crippen MR) is 124 cm³/mol. The van der Waals surface area contributed by atoms with Crippen LogP contribution in [0.2, 0.25) is 0 Å². The maximum absolute atomic E-state index is 12.8. The summed E-state index contributed by atoms with van der Waals surface area (Å²) in [5.74, 6) is -0.0303. The van der Waals surface area contributed by atoms with Crippen LogP contribution in [-0.2, 0) is 11.3 Å². The maximum Gasteiger partial charge on any atom is 0.320 e. The van der Waals surface area contributed by atoms with E-state index in [1.165, 1.54) is 0 Å². The number of rotatable bonds is 5. The third-order valence-electron chi connectivity index (χ3n) is 5.66. The number of urea groups is 1. The van der Waals surface area contributed by atoms with Gasteiger partial charge in [0, 0.05) is 50.8 Å². The topological polar surface area (TPSA) is 55.9 Å². The van der Waals surface area contributed by atoms with Crippen LogP contribution in [0.5, 0.6) is 0 Å². The van der Waals surface area contributed by atoms with Gasteiger partial charge in [-0.3, -0.25) is 9.69 Å². The highest BCUT2D eigenvalue weighted by molar-refractivity contribution is 6.02. The van der Waals surface area contributed by atoms with E-state index in [9.17, 15) is 9.59 Å². The Hall–Kier alpha value is -3.38. The molecule has 0 spiro atoms. The lowest BCUT2D eigenvalue weighted by Crippen LogP contribution is -2.53. The average Bonchev–Trinajstić information content (AvgIpc) is 2.80. The molecule has 6 heteroatoms. The number of hydrogen-bond acceptors (Lipinski definition) is 3. The summed E-state index contributed by atoms with van der Waals surface area (Å²) in [6, 6.07) is 24.0. The summed E-state index contributed by atoms with van der Waals surface area (Å²) >= 11 is 0. The normalized spacial score (nSPS) is 14.4. The number of carbonyl (C=O) groups excluding carboxylic acids is 2. The molecule has 0 radical (unpaired) electrons. The Balaban J connectivity index is 1.27. The molecule has 3 aromatic carbocycles. The third kappa shape index (κ3) is 5.22. The molecule has 0 atom stereocenters. The minimum Gasteiger partial charge on any atom is -0.324 e. The minimum absolute atomic E-state index is 0.0303. The lowest BCUT2D eigenvalue weighted by molar-refractivity contribution is -0.117. The summed E-state index contributed by atoms with van der Waals surface area (Å²) in [6.45, 7) is 3.54. The van der Waals surface area contributed by atoms with Gasteiger partial charge in [-0.25, -0.2) is 4.79 Å². The molecule has 1 saturated heterocycles. The second kappa shape index (κ2) is 9.62. The van der Waals surface area contributed by atoms with Crippen molar-refractivity contribution >= 4 is 28.4 Å². The Bertz CT molecular complexity index is 1040. The van der Waals surface area contributed by atoms with E-state index < -0.39 is 0 Å². The quantitative estimate of drug-likeness (QED) is 0.691. The summed E-state index contributed by atoms with van der Waals surface area (Å²) in [5.41, 5.74) is 1.95. The van der Waals surface area contributed by atoms with E-state index in [1.807, 2.05) is 84.7 Å². The highest BCUT2D eigenvalue weighted by Crippen LogP contribution is 2.23. The van der Waals surface area contributed by atoms with Crippen molar-refractivity contribution in [3.63, 3.8) is 0 Å². The van der Waals surface area contributed by atoms with Crippen LogP contribution in [-0.4, -0.2) is 66.4 Å². The Morgan fingerprint density at radius 1 is 0.871 bits per heavy atom. The molecule has 3 aromatic rings. The lowest BCUT2D eigenvalue weighted by atomic mass is 10.1. The maximum atomic E-state index is 12.8. The number of anilines is 1. The van der Waals surface area contributed by atoms with Gasteiger partial charge in [0.2, 0.25) is 5.91 Å². The number of nitrogens with one attached hydrogen (secondary N) is 1. The first kappa shape index (κ1) is 20.9. The SMILES string of the molecule is CN(Cc1ccccc1)C(=O)N1CCN(CC(=O)Nc2cccc3ccccc23)CC1. The fourth-order valence-corrected chi connectivity index (χ4v) is 3.99. The van der Waals surface area contributed by atoms with Crippen molar-refractivity contribution in [2.45, 2.75) is 6.54 Å². The third-order valence-corrected chi connectivity index (χ3v) is 5.66. The molecule has 0 aliphatic carbocycles. The fourth-order valence-electron chi connectivity index (χ4n) is 3.99. The number of benzene rings is 3. The van der Waals surface area contributed by atoms with E-state index >= 15 is 0 Å². The molecular weight excluding hydrogens is 388 g/mol. The number of piperazine rings is 1. The van der Waals surface area contributed by atoms with Crippen LogP contribution in [0, 0.1) is 0 Å². The number of hydrogen-bond donors (Lipinski definition) is 1. The zero-order valence-corrected chi connectivity index (χ0v) is 17.8. The lowest BCUT2D eigenvalue weighted by Gasteiger charge is -2.36. The van der Waals surface area contributed by atoms with Crippen LogP contribution >= 0.6 is 0 Å². The molecule has 1 N–H and O–H groups in total. The highest BCUT2D eigenvalue weighted by atomic mass is 16.2. The van der Waals surface area contributed by atoms with Crippen LogP contribution in [0.1, 0.15) is 5.56 Å². The van der Waals surface area contributed by atoms with E-state index in [1.54, 1.807) is 4.90 Å². The van der Waals surface area contributed by atoms with Crippen molar-refractivity contribution in [2.75, 3.05) is 45.1 Å². The standard InChI is InChI=1S/C25H28N4O2/c1-27(18-20-8-3-2-4-9-20)25(31)29-16-14-28(15-17-29)19-24(30)26-23-13-7-11-21-10-5-6-12-22(21)23/h2-13H,14-19H2,1H3,(H,26,30). The summed E-state index contributed by atoms with van der Waals surface area (Å²) in [6.07, 6.45) is 0. The molecular formula is C25H28N4O2. The summed E-state index contributed by atoms with van der Waals surface area (Å²) < 4.78 is 0. The van der Waals surface area contributed by atoms with Crippen molar-refractivity contribution in [2.24, 2.45) is 0 Å². The molecule has 160 valence electrons. The smallest absolute Gasteiger partial charge is 0.320 e. The van der Waals surface area contributed by atoms with Crippen LogP contribution < -0.4 is 5.32 Å². The molecule has 1 aliphatic rings. The molecule has 0 aromatic heterocycles.